The molecule has 0 radical (unpaired) electrons. The molecule has 1 aromatic carbocycles. The van der Waals surface area contributed by atoms with Crippen LogP contribution in [0.1, 0.15) is 28.4 Å². The predicted molar refractivity (Wildman–Crippen MR) is 90.8 cm³/mol. The summed E-state index contributed by atoms with van der Waals surface area (Å²) in [6.45, 7) is 5.19. The minimum Gasteiger partial charge on any atom is -0.372 e. The predicted octanol–water partition coefficient (Wildman–Crippen LogP) is 2.16. The Morgan fingerprint density at radius 2 is 2.04 bits per heavy atom. The van der Waals surface area contributed by atoms with Crippen LogP contribution in [0.15, 0.2) is 41.3 Å². The lowest BCUT2D eigenvalue weighted by molar-refractivity contribution is 0.0686. The van der Waals surface area contributed by atoms with Crippen molar-refractivity contribution in [1.82, 2.24) is 9.88 Å². The first-order chi connectivity index (χ1) is 11.0. The number of benzene rings is 1. The van der Waals surface area contributed by atoms with Gasteiger partial charge in [0.25, 0.3) is 5.91 Å². The highest BCUT2D eigenvalue weighted by Crippen LogP contribution is 2.27. The van der Waals surface area contributed by atoms with Crippen molar-refractivity contribution in [3.05, 3.63) is 63.6 Å². The second kappa shape index (κ2) is 5.91. The van der Waals surface area contributed by atoms with Crippen molar-refractivity contribution in [3.8, 4) is 0 Å². The summed E-state index contributed by atoms with van der Waals surface area (Å²) < 4.78 is 0. The van der Waals surface area contributed by atoms with Crippen LogP contribution in [0.4, 0.5) is 5.69 Å². The maximum absolute atomic E-state index is 13.0. The van der Waals surface area contributed by atoms with Crippen LogP contribution in [0.5, 0.6) is 0 Å². The molecule has 1 aromatic heterocycles. The lowest BCUT2D eigenvalue weighted by Crippen LogP contribution is -2.42. The second-order valence-corrected chi connectivity index (χ2v) is 6.19. The first-order valence-corrected chi connectivity index (χ1v) is 7.76. The van der Waals surface area contributed by atoms with Crippen molar-refractivity contribution in [2.24, 2.45) is 0 Å². The first-order valence-electron chi connectivity index (χ1n) is 7.76. The zero-order valence-electron chi connectivity index (χ0n) is 13.7. The summed E-state index contributed by atoms with van der Waals surface area (Å²) in [5.41, 5.74) is 3.37. The fourth-order valence-electron chi connectivity index (χ4n) is 3.18. The van der Waals surface area contributed by atoms with E-state index in [1.807, 2.05) is 17.0 Å². The Bertz CT molecular complexity index is 797. The molecule has 0 bridgehead atoms. The van der Waals surface area contributed by atoms with Crippen molar-refractivity contribution in [3.63, 3.8) is 0 Å². The molecule has 1 N–H and O–H groups in total. The van der Waals surface area contributed by atoms with E-state index >= 15 is 0 Å². The number of hydrogen-bond acceptors (Lipinski definition) is 3. The Hall–Kier alpha value is -2.56. The van der Waals surface area contributed by atoms with Crippen molar-refractivity contribution in [1.29, 1.82) is 0 Å². The van der Waals surface area contributed by atoms with Crippen molar-refractivity contribution in [2.45, 2.75) is 26.4 Å². The van der Waals surface area contributed by atoms with Crippen LogP contribution in [-0.2, 0) is 6.54 Å². The Balaban J connectivity index is 1.98. The van der Waals surface area contributed by atoms with Crippen LogP contribution in [0.2, 0.25) is 0 Å². The number of nitrogens with zero attached hydrogens (tertiary/aromatic N) is 2. The fraction of sp³-hybridized carbons (Fsp3) is 0.333. The average Bonchev–Trinajstić information content (AvgIpc) is 2.64. The number of nitrogens with one attached hydrogen (secondary N) is 1. The largest absolute Gasteiger partial charge is 0.372 e. The van der Waals surface area contributed by atoms with E-state index in [4.69, 9.17) is 0 Å². The lowest BCUT2D eigenvalue weighted by Gasteiger charge is -2.29. The number of aryl methyl sites for hydroxylation is 1. The molecule has 0 saturated heterocycles. The minimum absolute atomic E-state index is 0.0450. The van der Waals surface area contributed by atoms with Crippen LogP contribution in [-0.4, -0.2) is 35.4 Å². The summed E-state index contributed by atoms with van der Waals surface area (Å²) in [5.74, 6) is -0.0450. The second-order valence-electron chi connectivity index (χ2n) is 6.19. The number of aromatic amines is 1. The Morgan fingerprint density at radius 1 is 1.30 bits per heavy atom. The quantitative estimate of drug-likeness (QED) is 0.878. The van der Waals surface area contributed by atoms with Crippen LogP contribution in [0.25, 0.3) is 0 Å². The van der Waals surface area contributed by atoms with Crippen LogP contribution in [0.3, 0.4) is 0 Å². The monoisotopic (exact) mass is 311 g/mol. The SMILES string of the molecule is Cc1cc(=O)[nH]cc1C(=O)N1Cc2ccccc2N(C)CC1C. The molecule has 1 atom stereocenters. The van der Waals surface area contributed by atoms with Gasteiger partial charge in [-0.15, -0.1) is 0 Å². The molecule has 23 heavy (non-hydrogen) atoms. The molecule has 0 fully saturated rings. The van der Waals surface area contributed by atoms with Gasteiger partial charge in [-0.25, -0.2) is 0 Å². The zero-order chi connectivity index (χ0) is 16.6. The smallest absolute Gasteiger partial charge is 0.256 e. The lowest BCUT2D eigenvalue weighted by atomic mass is 10.1. The summed E-state index contributed by atoms with van der Waals surface area (Å²) in [4.78, 5) is 31.0. The topological polar surface area (TPSA) is 56.4 Å². The van der Waals surface area contributed by atoms with E-state index < -0.39 is 0 Å². The number of carbonyl (C=O) groups excluding carboxylic acids is 1. The third-order valence-corrected chi connectivity index (χ3v) is 4.44. The highest BCUT2D eigenvalue weighted by molar-refractivity contribution is 5.95. The Labute approximate surface area is 135 Å². The third-order valence-electron chi connectivity index (χ3n) is 4.44. The van der Waals surface area contributed by atoms with E-state index in [1.165, 1.54) is 12.3 Å². The number of amides is 1. The van der Waals surface area contributed by atoms with E-state index in [1.54, 1.807) is 6.92 Å². The molecule has 1 amide bonds. The molecule has 1 aliphatic heterocycles. The summed E-state index contributed by atoms with van der Waals surface area (Å²) in [5, 5.41) is 0. The number of likely N-dealkylation sites (N-methyl/N-ethyl adjacent to an activating group) is 1. The zero-order valence-corrected chi connectivity index (χ0v) is 13.7. The van der Waals surface area contributed by atoms with Gasteiger partial charge in [0.15, 0.2) is 0 Å². The molecule has 0 spiro atoms. The van der Waals surface area contributed by atoms with Gasteiger partial charge in [-0.3, -0.25) is 9.59 Å². The molecule has 1 aliphatic rings. The number of hydrogen-bond donors (Lipinski definition) is 1. The number of para-hydroxylation sites is 1. The Morgan fingerprint density at radius 3 is 2.78 bits per heavy atom. The number of aromatic nitrogens is 1. The fourth-order valence-corrected chi connectivity index (χ4v) is 3.18. The van der Waals surface area contributed by atoms with E-state index in [0.717, 1.165) is 17.8 Å². The standard InChI is InChI=1S/C18H21N3O2/c1-12-8-17(22)19-9-15(12)18(23)21-11-14-6-4-5-7-16(14)20(3)10-13(21)2/h4-9,13H,10-11H2,1-3H3,(H,19,22). The maximum atomic E-state index is 13.0. The molecule has 5 nitrogen and oxygen atoms in total. The van der Waals surface area contributed by atoms with Crippen LogP contribution < -0.4 is 10.5 Å². The number of H-pyrrole nitrogens is 1. The summed E-state index contributed by atoms with van der Waals surface area (Å²) in [6, 6.07) is 9.70. The van der Waals surface area contributed by atoms with Crippen LogP contribution in [0, 0.1) is 6.92 Å². The molecule has 1 unspecified atom stereocenters. The molecule has 0 saturated carbocycles. The average molecular weight is 311 g/mol. The number of anilines is 1. The maximum Gasteiger partial charge on any atom is 0.256 e. The summed E-state index contributed by atoms with van der Waals surface area (Å²) in [7, 11) is 2.05. The molecule has 5 heteroatoms. The molecular formula is C18H21N3O2. The number of rotatable bonds is 1. The number of pyridine rings is 1. The van der Waals surface area contributed by atoms with Gasteiger partial charge in [-0.2, -0.15) is 0 Å². The number of fused-ring (bicyclic) bond motifs is 1. The molecular weight excluding hydrogens is 290 g/mol. The van der Waals surface area contributed by atoms with E-state index in [9.17, 15) is 9.59 Å². The Kier molecular flexibility index (Phi) is 3.94. The highest BCUT2D eigenvalue weighted by Gasteiger charge is 2.28. The van der Waals surface area contributed by atoms with Crippen LogP contribution >= 0.6 is 0 Å². The summed E-state index contributed by atoms with van der Waals surface area (Å²) >= 11 is 0. The molecule has 2 heterocycles. The summed E-state index contributed by atoms with van der Waals surface area (Å²) in [6.07, 6.45) is 1.52. The minimum atomic E-state index is -0.187. The van der Waals surface area contributed by atoms with E-state index in [0.29, 0.717) is 17.7 Å². The van der Waals surface area contributed by atoms with Crippen molar-refractivity contribution in [2.75, 3.05) is 18.5 Å². The third kappa shape index (κ3) is 2.86. The van der Waals surface area contributed by atoms with Gasteiger partial charge in [0.2, 0.25) is 5.56 Å². The van der Waals surface area contributed by atoms with Gasteiger partial charge < -0.3 is 14.8 Å². The van der Waals surface area contributed by atoms with Gasteiger partial charge in [-0.05, 0) is 31.0 Å². The van der Waals surface area contributed by atoms with Gasteiger partial charge in [0.1, 0.15) is 0 Å². The van der Waals surface area contributed by atoms with Crippen molar-refractivity contribution >= 4 is 11.6 Å². The molecule has 0 aliphatic carbocycles. The molecule has 3 rings (SSSR count). The van der Waals surface area contributed by atoms with Gasteiger partial charge >= 0.3 is 0 Å². The number of carbonyl (C=O) groups is 1. The van der Waals surface area contributed by atoms with Gasteiger partial charge in [0, 0.05) is 44.1 Å². The molecule has 120 valence electrons. The van der Waals surface area contributed by atoms with Gasteiger partial charge in [-0.1, -0.05) is 18.2 Å². The van der Waals surface area contributed by atoms with E-state index in [-0.39, 0.29) is 17.5 Å². The highest BCUT2D eigenvalue weighted by atomic mass is 16.2. The normalized spacial score (nSPS) is 17.6. The molecule has 2 aromatic rings. The van der Waals surface area contributed by atoms with Crippen molar-refractivity contribution < 1.29 is 4.79 Å². The first kappa shape index (κ1) is 15.3. The van der Waals surface area contributed by atoms with E-state index in [2.05, 4.69) is 36.0 Å². The van der Waals surface area contributed by atoms with Gasteiger partial charge in [0.05, 0.1) is 5.56 Å².